The number of benzene rings is 3. The third kappa shape index (κ3) is 3.04. The molecule has 0 radical (unpaired) electrons. The fraction of sp³-hybridized carbons (Fsp3) is 0.100. The molecule has 5 nitrogen and oxygen atoms in total. The molecule has 0 bridgehead atoms. The third-order valence-electron chi connectivity index (χ3n) is 4.10. The van der Waals surface area contributed by atoms with Gasteiger partial charge in [0.1, 0.15) is 11.5 Å². The summed E-state index contributed by atoms with van der Waals surface area (Å²) in [6.45, 7) is 1.79. The Labute approximate surface area is 145 Å². The van der Waals surface area contributed by atoms with Crippen LogP contribution < -0.4 is 4.74 Å². The molecule has 3 aromatic carbocycles. The van der Waals surface area contributed by atoms with Crippen LogP contribution in [0.25, 0.3) is 22.3 Å². The summed E-state index contributed by atoms with van der Waals surface area (Å²) in [5.74, 6) is 0.446. The molecule has 0 fully saturated rings. The lowest BCUT2D eigenvalue weighted by Crippen LogP contribution is -1.97. The van der Waals surface area contributed by atoms with E-state index in [0.717, 1.165) is 5.56 Å². The fourth-order valence-corrected chi connectivity index (χ4v) is 2.99. The maximum absolute atomic E-state index is 11.6. The molecule has 1 N–H and O–H groups in total. The molecule has 0 heterocycles. The highest BCUT2D eigenvalue weighted by Gasteiger charge is 2.24. The number of aryl methyl sites for hydroxylation is 1. The van der Waals surface area contributed by atoms with Crippen molar-refractivity contribution in [2.24, 2.45) is 0 Å². The van der Waals surface area contributed by atoms with Gasteiger partial charge in [0.05, 0.1) is 17.6 Å². The summed E-state index contributed by atoms with van der Waals surface area (Å²) in [5.41, 5.74) is 3.02. The van der Waals surface area contributed by atoms with Crippen molar-refractivity contribution in [3.63, 3.8) is 0 Å². The van der Waals surface area contributed by atoms with Gasteiger partial charge in [-0.05, 0) is 29.7 Å². The van der Waals surface area contributed by atoms with Crippen molar-refractivity contribution in [1.29, 1.82) is 0 Å². The molecule has 5 heteroatoms. The number of nitro groups is 1. The van der Waals surface area contributed by atoms with Crippen LogP contribution in [0.3, 0.4) is 0 Å². The Hall–Kier alpha value is -3.34. The molecule has 0 atom stereocenters. The van der Waals surface area contributed by atoms with E-state index in [2.05, 4.69) is 0 Å². The zero-order valence-electron chi connectivity index (χ0n) is 13.9. The number of hydrogen-bond acceptors (Lipinski definition) is 4. The minimum atomic E-state index is -0.426. The van der Waals surface area contributed by atoms with Crippen molar-refractivity contribution in [2.75, 3.05) is 7.11 Å². The van der Waals surface area contributed by atoms with Crippen molar-refractivity contribution >= 4 is 5.69 Å². The Balaban J connectivity index is 2.37. The number of ether oxygens (including phenoxy) is 1. The Morgan fingerprint density at radius 1 is 1.00 bits per heavy atom. The van der Waals surface area contributed by atoms with Gasteiger partial charge in [0.15, 0.2) is 0 Å². The maximum Gasteiger partial charge on any atom is 0.277 e. The van der Waals surface area contributed by atoms with Crippen LogP contribution in [0, 0.1) is 17.0 Å². The Bertz CT molecular complexity index is 913. The summed E-state index contributed by atoms with van der Waals surface area (Å²) in [6, 6.07) is 17.5. The van der Waals surface area contributed by atoms with Crippen molar-refractivity contribution in [3.8, 4) is 33.8 Å². The van der Waals surface area contributed by atoms with E-state index in [1.54, 1.807) is 19.1 Å². The Morgan fingerprint density at radius 2 is 1.72 bits per heavy atom. The summed E-state index contributed by atoms with van der Waals surface area (Å²) in [6.07, 6.45) is 0. The smallest absolute Gasteiger partial charge is 0.277 e. The highest BCUT2D eigenvalue weighted by molar-refractivity contribution is 5.93. The Kier molecular flexibility index (Phi) is 4.39. The molecule has 0 aromatic heterocycles. The molecular formula is C20H17NO4. The van der Waals surface area contributed by atoms with E-state index in [1.807, 2.05) is 36.4 Å². The number of phenols is 1. The number of aromatic hydroxyl groups is 1. The molecule has 0 unspecified atom stereocenters. The van der Waals surface area contributed by atoms with E-state index >= 15 is 0 Å². The monoisotopic (exact) mass is 335 g/mol. The molecule has 3 rings (SSSR count). The van der Waals surface area contributed by atoms with Gasteiger partial charge in [-0.2, -0.15) is 0 Å². The van der Waals surface area contributed by atoms with Gasteiger partial charge in [0, 0.05) is 17.7 Å². The lowest BCUT2D eigenvalue weighted by atomic mass is 9.90. The molecule has 0 saturated heterocycles. The molecule has 0 aliphatic rings. The standard InChI is InChI=1S/C20H17NO4/c1-13-11-15(25-2)12-18(22)19(13)20-16(14-7-4-3-5-8-14)9-6-10-17(20)21(23)24/h3-12,22H,1-2H3. The van der Waals surface area contributed by atoms with Crippen LogP contribution in [0.4, 0.5) is 5.69 Å². The first kappa shape index (κ1) is 16.5. The number of rotatable bonds is 4. The average Bonchev–Trinajstić information content (AvgIpc) is 2.61. The van der Waals surface area contributed by atoms with E-state index in [9.17, 15) is 15.2 Å². The first-order valence-corrected chi connectivity index (χ1v) is 7.73. The quantitative estimate of drug-likeness (QED) is 0.541. The minimum absolute atomic E-state index is 0.0510. The van der Waals surface area contributed by atoms with Crippen molar-refractivity contribution in [1.82, 2.24) is 0 Å². The second-order valence-corrected chi connectivity index (χ2v) is 5.66. The molecule has 0 saturated carbocycles. The normalized spacial score (nSPS) is 10.5. The number of nitro benzene ring substituents is 1. The predicted octanol–water partition coefficient (Wildman–Crippen LogP) is 4.95. The minimum Gasteiger partial charge on any atom is -0.507 e. The molecule has 0 aliphatic heterocycles. The van der Waals surface area contributed by atoms with Crippen LogP contribution in [0.2, 0.25) is 0 Å². The second kappa shape index (κ2) is 6.65. The highest BCUT2D eigenvalue weighted by Crippen LogP contribution is 2.45. The van der Waals surface area contributed by atoms with Crippen molar-refractivity contribution in [3.05, 3.63) is 76.3 Å². The first-order valence-electron chi connectivity index (χ1n) is 7.73. The Morgan fingerprint density at radius 3 is 2.32 bits per heavy atom. The van der Waals surface area contributed by atoms with E-state index in [-0.39, 0.29) is 11.4 Å². The summed E-state index contributed by atoms with van der Waals surface area (Å²) < 4.78 is 5.17. The second-order valence-electron chi connectivity index (χ2n) is 5.66. The van der Waals surface area contributed by atoms with Gasteiger partial charge in [-0.15, -0.1) is 0 Å². The van der Waals surface area contributed by atoms with E-state index in [0.29, 0.717) is 28.0 Å². The van der Waals surface area contributed by atoms with Crippen LogP contribution >= 0.6 is 0 Å². The molecule has 25 heavy (non-hydrogen) atoms. The van der Waals surface area contributed by atoms with Gasteiger partial charge < -0.3 is 9.84 Å². The predicted molar refractivity (Wildman–Crippen MR) is 96.9 cm³/mol. The lowest BCUT2D eigenvalue weighted by Gasteiger charge is -2.15. The van der Waals surface area contributed by atoms with Crippen LogP contribution in [0.15, 0.2) is 60.7 Å². The van der Waals surface area contributed by atoms with Crippen LogP contribution in [-0.2, 0) is 0 Å². The summed E-state index contributed by atoms with van der Waals surface area (Å²) in [4.78, 5) is 11.2. The van der Waals surface area contributed by atoms with Gasteiger partial charge in [0.25, 0.3) is 5.69 Å². The number of nitrogens with zero attached hydrogens (tertiary/aromatic N) is 1. The van der Waals surface area contributed by atoms with Gasteiger partial charge >= 0.3 is 0 Å². The van der Waals surface area contributed by atoms with Gasteiger partial charge in [-0.25, -0.2) is 0 Å². The topological polar surface area (TPSA) is 72.6 Å². The molecule has 0 amide bonds. The average molecular weight is 335 g/mol. The van der Waals surface area contributed by atoms with E-state index in [4.69, 9.17) is 4.74 Å². The first-order chi connectivity index (χ1) is 12.0. The lowest BCUT2D eigenvalue weighted by molar-refractivity contribution is -0.384. The number of hydrogen-bond donors (Lipinski definition) is 1. The van der Waals surface area contributed by atoms with Gasteiger partial charge in [-0.1, -0.05) is 42.5 Å². The highest BCUT2D eigenvalue weighted by atomic mass is 16.6. The summed E-state index contributed by atoms with van der Waals surface area (Å²) >= 11 is 0. The number of methoxy groups -OCH3 is 1. The molecule has 126 valence electrons. The van der Waals surface area contributed by atoms with Gasteiger partial charge in [-0.3, -0.25) is 10.1 Å². The largest absolute Gasteiger partial charge is 0.507 e. The van der Waals surface area contributed by atoms with E-state index in [1.165, 1.54) is 19.2 Å². The summed E-state index contributed by atoms with van der Waals surface area (Å²) in [5, 5.41) is 22.2. The van der Waals surface area contributed by atoms with Gasteiger partial charge in [0.2, 0.25) is 0 Å². The molecule has 3 aromatic rings. The summed E-state index contributed by atoms with van der Waals surface area (Å²) in [7, 11) is 1.51. The van der Waals surface area contributed by atoms with Crippen molar-refractivity contribution < 1.29 is 14.8 Å². The van der Waals surface area contributed by atoms with Crippen LogP contribution in [0.1, 0.15) is 5.56 Å². The molecule has 0 aliphatic carbocycles. The van der Waals surface area contributed by atoms with Crippen LogP contribution in [0.5, 0.6) is 11.5 Å². The molecule has 0 spiro atoms. The van der Waals surface area contributed by atoms with Crippen molar-refractivity contribution in [2.45, 2.75) is 6.92 Å². The zero-order chi connectivity index (χ0) is 18.0. The maximum atomic E-state index is 11.6. The van der Waals surface area contributed by atoms with Crippen LogP contribution in [-0.4, -0.2) is 17.1 Å². The molecular weight excluding hydrogens is 318 g/mol. The zero-order valence-corrected chi connectivity index (χ0v) is 13.9. The fourth-order valence-electron chi connectivity index (χ4n) is 2.99. The third-order valence-corrected chi connectivity index (χ3v) is 4.10. The van der Waals surface area contributed by atoms with E-state index < -0.39 is 4.92 Å². The number of phenolic OH excluding ortho intramolecular Hbond substituents is 1. The SMILES string of the molecule is COc1cc(C)c(-c2c(-c3ccccc3)cccc2[N+](=O)[O-])c(O)c1.